The lowest BCUT2D eigenvalue weighted by atomic mass is 10.3. The van der Waals surface area contributed by atoms with Gasteiger partial charge in [0.2, 0.25) is 11.8 Å². The Morgan fingerprint density at radius 3 is 2.48 bits per heavy atom. The van der Waals surface area contributed by atoms with Gasteiger partial charge >= 0.3 is 5.97 Å². The van der Waals surface area contributed by atoms with Gasteiger partial charge in [0.25, 0.3) is 0 Å². The fourth-order valence-corrected chi connectivity index (χ4v) is 3.42. The fraction of sp³-hybridized carbons (Fsp3) is 0.316. The highest BCUT2D eigenvalue weighted by atomic mass is 35.5. The van der Waals surface area contributed by atoms with E-state index in [1.54, 1.807) is 48.5 Å². The van der Waals surface area contributed by atoms with Gasteiger partial charge in [-0.05, 0) is 43.6 Å². The van der Waals surface area contributed by atoms with Gasteiger partial charge < -0.3 is 20.1 Å². The molecule has 0 aliphatic carbocycles. The Bertz CT molecular complexity index is 886. The number of rotatable bonds is 9. The summed E-state index contributed by atoms with van der Waals surface area (Å²) >= 11 is 7.18. The Labute approximate surface area is 177 Å². The first kappa shape index (κ1) is 22.7. The third-order valence-corrected chi connectivity index (χ3v) is 4.74. The highest BCUT2D eigenvalue weighted by Gasteiger charge is 2.18. The fourth-order valence-electron chi connectivity index (χ4n) is 2.46. The summed E-state index contributed by atoms with van der Waals surface area (Å²) in [6.07, 6.45) is 0. The molecule has 0 bridgehead atoms. The number of nitrogens with one attached hydrogen (secondary N) is 2. The number of likely N-dealkylation sites (N-methyl/N-ethyl adjacent to an activating group) is 1. The molecule has 29 heavy (non-hydrogen) atoms. The van der Waals surface area contributed by atoms with Crippen molar-refractivity contribution in [1.82, 2.24) is 4.90 Å². The normalized spacial score (nSPS) is 10.5. The third-order valence-electron chi connectivity index (χ3n) is 3.68. The Morgan fingerprint density at radius 2 is 1.83 bits per heavy atom. The van der Waals surface area contributed by atoms with Gasteiger partial charge in [-0.25, -0.2) is 4.79 Å². The number of ether oxygens (including phenoxy) is 2. The second-order valence-electron chi connectivity index (χ2n) is 6.00. The van der Waals surface area contributed by atoms with Crippen molar-refractivity contribution in [3.8, 4) is 5.75 Å². The summed E-state index contributed by atoms with van der Waals surface area (Å²) in [7, 11) is 3.12. The first-order valence-corrected chi connectivity index (χ1v) is 9.96. The van der Waals surface area contributed by atoms with Crippen LogP contribution < -0.4 is 15.4 Å². The van der Waals surface area contributed by atoms with Crippen LogP contribution >= 0.6 is 22.9 Å². The number of nitrogens with zero attached hydrogens (tertiary/aromatic N) is 1. The van der Waals surface area contributed by atoms with Crippen molar-refractivity contribution < 1.29 is 23.9 Å². The molecule has 156 valence electrons. The molecule has 0 saturated carbocycles. The molecular weight excluding hydrogens is 418 g/mol. The number of amides is 2. The van der Waals surface area contributed by atoms with Crippen molar-refractivity contribution in [3.63, 3.8) is 0 Å². The Morgan fingerprint density at radius 1 is 1.14 bits per heavy atom. The number of methoxy groups -OCH3 is 1. The van der Waals surface area contributed by atoms with Crippen LogP contribution in [0.2, 0.25) is 5.02 Å². The summed E-state index contributed by atoms with van der Waals surface area (Å²) in [4.78, 5) is 38.0. The van der Waals surface area contributed by atoms with Gasteiger partial charge in [-0.15, -0.1) is 11.3 Å². The average Bonchev–Trinajstić information content (AvgIpc) is 3.09. The summed E-state index contributed by atoms with van der Waals surface area (Å²) in [6, 6.07) is 6.48. The number of esters is 1. The second-order valence-corrected chi connectivity index (χ2v) is 7.35. The molecule has 0 saturated heterocycles. The van der Waals surface area contributed by atoms with E-state index in [0.29, 0.717) is 27.0 Å². The second kappa shape index (κ2) is 10.8. The van der Waals surface area contributed by atoms with Crippen LogP contribution in [0.15, 0.2) is 29.6 Å². The first-order chi connectivity index (χ1) is 13.8. The van der Waals surface area contributed by atoms with Gasteiger partial charge in [-0.3, -0.25) is 14.5 Å². The van der Waals surface area contributed by atoms with E-state index >= 15 is 0 Å². The molecule has 2 rings (SSSR count). The lowest BCUT2D eigenvalue weighted by Crippen LogP contribution is -2.36. The summed E-state index contributed by atoms with van der Waals surface area (Å²) in [5.74, 6) is -0.697. The number of carbonyl (C=O) groups excluding carboxylic acids is 3. The van der Waals surface area contributed by atoms with Crippen LogP contribution in [0.1, 0.15) is 17.3 Å². The Hall–Kier alpha value is -2.62. The van der Waals surface area contributed by atoms with E-state index in [-0.39, 0.29) is 31.5 Å². The largest absolute Gasteiger partial charge is 0.495 e. The van der Waals surface area contributed by atoms with E-state index in [2.05, 4.69) is 10.6 Å². The molecule has 0 aliphatic heterocycles. The standard InChI is InChI=1S/C19H22ClN3O5S/c1-4-28-19(26)13-7-8-29-18(13)22-17(25)11-23(2)10-16(24)21-14-9-12(20)5-6-15(14)27-3/h5-9H,4,10-11H2,1-3H3,(H,21,24)(H,22,25). The predicted molar refractivity (Wildman–Crippen MR) is 113 cm³/mol. The molecular formula is C19H22ClN3O5S. The first-order valence-electron chi connectivity index (χ1n) is 8.70. The maximum atomic E-state index is 12.3. The van der Waals surface area contributed by atoms with Crippen LogP contribution in [0.4, 0.5) is 10.7 Å². The quantitative estimate of drug-likeness (QED) is 0.583. The lowest BCUT2D eigenvalue weighted by molar-refractivity contribution is -0.119. The number of anilines is 2. The van der Waals surface area contributed by atoms with Crippen molar-refractivity contribution in [2.24, 2.45) is 0 Å². The highest BCUT2D eigenvalue weighted by Crippen LogP contribution is 2.27. The average molecular weight is 440 g/mol. The van der Waals surface area contributed by atoms with Gasteiger partial charge in [0, 0.05) is 5.02 Å². The Kier molecular flexibility index (Phi) is 8.44. The molecule has 10 heteroatoms. The molecule has 0 spiro atoms. The molecule has 1 aromatic carbocycles. The number of hydrogen-bond donors (Lipinski definition) is 2. The van der Waals surface area contributed by atoms with Crippen LogP contribution in [0.5, 0.6) is 5.75 Å². The monoisotopic (exact) mass is 439 g/mol. The maximum absolute atomic E-state index is 12.3. The highest BCUT2D eigenvalue weighted by molar-refractivity contribution is 7.14. The van der Waals surface area contributed by atoms with Crippen molar-refractivity contribution in [1.29, 1.82) is 0 Å². The van der Waals surface area contributed by atoms with Crippen LogP contribution in [0, 0.1) is 0 Å². The molecule has 1 aromatic heterocycles. The molecule has 2 amide bonds. The van der Waals surface area contributed by atoms with E-state index < -0.39 is 5.97 Å². The van der Waals surface area contributed by atoms with Crippen LogP contribution in [0.3, 0.4) is 0 Å². The molecule has 2 N–H and O–H groups in total. The minimum Gasteiger partial charge on any atom is -0.495 e. The van der Waals surface area contributed by atoms with Crippen molar-refractivity contribution in [2.75, 3.05) is 44.5 Å². The van der Waals surface area contributed by atoms with Crippen molar-refractivity contribution >= 4 is 51.4 Å². The molecule has 8 nitrogen and oxygen atoms in total. The molecule has 1 heterocycles. The van der Waals surface area contributed by atoms with Crippen LogP contribution in [0.25, 0.3) is 0 Å². The summed E-state index contributed by atoms with van der Waals surface area (Å²) < 4.78 is 10.1. The smallest absolute Gasteiger partial charge is 0.341 e. The van der Waals surface area contributed by atoms with Crippen molar-refractivity contribution in [3.05, 3.63) is 40.2 Å². The number of thiophene rings is 1. The third kappa shape index (κ3) is 6.74. The maximum Gasteiger partial charge on any atom is 0.341 e. The SMILES string of the molecule is CCOC(=O)c1ccsc1NC(=O)CN(C)CC(=O)Nc1cc(Cl)ccc1OC. The molecule has 0 atom stereocenters. The molecule has 2 aromatic rings. The molecule has 0 radical (unpaired) electrons. The van der Waals surface area contributed by atoms with E-state index in [4.69, 9.17) is 21.1 Å². The lowest BCUT2D eigenvalue weighted by Gasteiger charge is -2.17. The zero-order chi connectivity index (χ0) is 21.4. The Balaban J connectivity index is 1.89. The van der Waals surface area contributed by atoms with Gasteiger partial charge in [-0.1, -0.05) is 11.6 Å². The minimum atomic E-state index is -0.493. The van der Waals surface area contributed by atoms with Gasteiger partial charge in [-0.2, -0.15) is 0 Å². The topological polar surface area (TPSA) is 97.0 Å². The van der Waals surface area contributed by atoms with E-state index in [0.717, 1.165) is 0 Å². The number of hydrogen-bond acceptors (Lipinski definition) is 7. The van der Waals surface area contributed by atoms with Crippen molar-refractivity contribution in [2.45, 2.75) is 6.92 Å². The number of carbonyl (C=O) groups is 3. The summed E-state index contributed by atoms with van der Waals surface area (Å²) in [5, 5.41) is 7.95. The predicted octanol–water partition coefficient (Wildman–Crippen LogP) is 3.10. The zero-order valence-electron chi connectivity index (χ0n) is 16.3. The van der Waals surface area contributed by atoms with Gasteiger partial charge in [0.1, 0.15) is 10.8 Å². The van der Waals surface area contributed by atoms with E-state index in [1.807, 2.05) is 0 Å². The summed E-state index contributed by atoms with van der Waals surface area (Å²) in [5.41, 5.74) is 0.749. The number of halogens is 1. The van der Waals surface area contributed by atoms with E-state index in [1.165, 1.54) is 18.4 Å². The van der Waals surface area contributed by atoms with Gasteiger partial charge in [0.05, 0.1) is 38.1 Å². The summed E-state index contributed by atoms with van der Waals surface area (Å²) in [6.45, 7) is 1.89. The van der Waals surface area contributed by atoms with Crippen LogP contribution in [-0.2, 0) is 14.3 Å². The molecule has 0 aliphatic rings. The molecule has 0 fully saturated rings. The van der Waals surface area contributed by atoms with Gasteiger partial charge in [0.15, 0.2) is 0 Å². The number of benzene rings is 1. The minimum absolute atomic E-state index is 0.0295. The van der Waals surface area contributed by atoms with E-state index in [9.17, 15) is 14.4 Å². The van der Waals surface area contributed by atoms with Crippen LogP contribution in [-0.4, -0.2) is 56.5 Å². The molecule has 0 unspecified atom stereocenters. The zero-order valence-corrected chi connectivity index (χ0v) is 17.9.